The zero-order chi connectivity index (χ0) is 18.2. The van der Waals surface area contributed by atoms with Gasteiger partial charge in [-0.05, 0) is 42.7 Å². The van der Waals surface area contributed by atoms with E-state index in [0.29, 0.717) is 6.54 Å². The van der Waals surface area contributed by atoms with Gasteiger partial charge in [0, 0.05) is 26.1 Å². The fourth-order valence-electron chi connectivity index (χ4n) is 2.99. The fraction of sp³-hybridized carbons (Fsp3) is 0.450. The Bertz CT molecular complexity index is 675. The molecule has 1 aromatic carbocycles. The number of piperidine rings is 1. The summed E-state index contributed by atoms with van der Waals surface area (Å²) in [6.07, 6.45) is 3.87. The van der Waals surface area contributed by atoms with Gasteiger partial charge in [-0.2, -0.15) is 0 Å². The van der Waals surface area contributed by atoms with Crippen LogP contribution in [0.3, 0.4) is 0 Å². The predicted octanol–water partition coefficient (Wildman–Crippen LogP) is 2.43. The summed E-state index contributed by atoms with van der Waals surface area (Å²) in [5.74, 6) is 2.69. The number of nitrogens with one attached hydrogen (secondary N) is 1. The molecule has 1 fully saturated rings. The molecule has 0 spiro atoms. The number of rotatable bonds is 6. The summed E-state index contributed by atoms with van der Waals surface area (Å²) in [7, 11) is 1.67. The molecule has 0 radical (unpaired) electrons. The number of methoxy groups -OCH3 is 1. The van der Waals surface area contributed by atoms with Gasteiger partial charge in [0.25, 0.3) is 0 Å². The Morgan fingerprint density at radius 1 is 1.27 bits per heavy atom. The molecule has 0 bridgehead atoms. The lowest BCUT2D eigenvalue weighted by Gasteiger charge is -2.32. The lowest BCUT2D eigenvalue weighted by atomic mass is 10.1. The highest BCUT2D eigenvalue weighted by Crippen LogP contribution is 2.13. The van der Waals surface area contributed by atoms with Crippen LogP contribution in [0.1, 0.15) is 24.2 Å². The molecule has 1 saturated heterocycles. The Hall–Kier alpha value is -2.47. The van der Waals surface area contributed by atoms with Gasteiger partial charge in [-0.25, -0.2) is 4.99 Å². The van der Waals surface area contributed by atoms with Crippen molar-refractivity contribution in [1.82, 2.24) is 10.2 Å². The number of guanidine groups is 1. The fourth-order valence-corrected chi connectivity index (χ4v) is 2.99. The molecule has 3 rings (SSSR count). The zero-order valence-electron chi connectivity index (χ0n) is 15.2. The van der Waals surface area contributed by atoms with E-state index in [1.54, 1.807) is 13.4 Å². The number of nitrogens with zero attached hydrogens (tertiary/aromatic N) is 2. The van der Waals surface area contributed by atoms with E-state index in [2.05, 4.69) is 10.2 Å². The molecule has 6 heteroatoms. The normalized spacial score (nSPS) is 15.9. The molecule has 2 aromatic rings. The lowest BCUT2D eigenvalue weighted by molar-refractivity contribution is 0.108. The van der Waals surface area contributed by atoms with E-state index in [1.807, 2.05) is 36.4 Å². The van der Waals surface area contributed by atoms with Crippen LogP contribution in [0.25, 0.3) is 0 Å². The summed E-state index contributed by atoms with van der Waals surface area (Å²) in [6.45, 7) is 2.99. The monoisotopic (exact) mass is 357 g/mol. The molecule has 0 aliphatic carbocycles. The number of furan rings is 1. The molecule has 0 amide bonds. The van der Waals surface area contributed by atoms with E-state index in [0.717, 1.165) is 61.9 Å². The Kier molecular flexibility index (Phi) is 6.55. The van der Waals surface area contributed by atoms with Crippen LogP contribution >= 0.6 is 0 Å². The zero-order valence-corrected chi connectivity index (χ0v) is 15.2. The van der Waals surface area contributed by atoms with Crippen LogP contribution in [0, 0.1) is 0 Å². The van der Waals surface area contributed by atoms with Gasteiger partial charge in [-0.1, -0.05) is 12.1 Å². The first-order valence-electron chi connectivity index (χ1n) is 9.11. The van der Waals surface area contributed by atoms with E-state index in [9.17, 15) is 5.11 Å². The third-order valence-corrected chi connectivity index (χ3v) is 4.57. The highest BCUT2D eigenvalue weighted by Gasteiger charge is 2.19. The molecule has 0 atom stereocenters. The van der Waals surface area contributed by atoms with E-state index in [1.165, 1.54) is 0 Å². The molecule has 1 aliphatic rings. The number of aliphatic hydroxyl groups is 1. The van der Waals surface area contributed by atoms with E-state index < -0.39 is 0 Å². The predicted molar refractivity (Wildman–Crippen MR) is 101 cm³/mol. The van der Waals surface area contributed by atoms with Crippen LogP contribution in [-0.4, -0.2) is 48.8 Å². The van der Waals surface area contributed by atoms with Crippen LogP contribution in [0.4, 0.5) is 0 Å². The minimum Gasteiger partial charge on any atom is -0.497 e. The summed E-state index contributed by atoms with van der Waals surface area (Å²) in [5, 5.41) is 13.2. The van der Waals surface area contributed by atoms with Gasteiger partial charge in [0.05, 0.1) is 26.0 Å². The van der Waals surface area contributed by atoms with Crippen molar-refractivity contribution in [3.05, 3.63) is 54.0 Å². The van der Waals surface area contributed by atoms with Gasteiger partial charge < -0.3 is 24.5 Å². The summed E-state index contributed by atoms with van der Waals surface area (Å²) < 4.78 is 10.6. The molecule has 26 heavy (non-hydrogen) atoms. The van der Waals surface area contributed by atoms with Crippen molar-refractivity contribution in [3.8, 4) is 5.75 Å². The number of likely N-dealkylation sites (tertiary alicyclic amines) is 1. The molecule has 1 aromatic heterocycles. The highest BCUT2D eigenvalue weighted by atomic mass is 16.5. The van der Waals surface area contributed by atoms with E-state index in [-0.39, 0.29) is 6.10 Å². The second-order valence-electron chi connectivity index (χ2n) is 6.46. The molecule has 2 N–H and O–H groups in total. The molecule has 2 heterocycles. The number of hydrogen-bond acceptors (Lipinski definition) is 4. The van der Waals surface area contributed by atoms with Gasteiger partial charge >= 0.3 is 0 Å². The summed E-state index contributed by atoms with van der Waals surface area (Å²) in [5.41, 5.74) is 1.13. The van der Waals surface area contributed by atoms with E-state index >= 15 is 0 Å². The maximum absolute atomic E-state index is 9.76. The van der Waals surface area contributed by atoms with Crippen molar-refractivity contribution < 1.29 is 14.3 Å². The Balaban J connectivity index is 1.62. The number of aliphatic hydroxyl groups excluding tert-OH is 1. The Labute approximate surface area is 154 Å². The van der Waals surface area contributed by atoms with Gasteiger partial charge in [0.1, 0.15) is 11.5 Å². The second kappa shape index (κ2) is 9.29. The van der Waals surface area contributed by atoms with Gasteiger partial charge in [-0.15, -0.1) is 0 Å². The average Bonchev–Trinajstić information content (AvgIpc) is 3.19. The van der Waals surface area contributed by atoms with Crippen LogP contribution in [0.5, 0.6) is 5.75 Å². The molecule has 6 nitrogen and oxygen atoms in total. The smallest absolute Gasteiger partial charge is 0.194 e. The Morgan fingerprint density at radius 2 is 2.04 bits per heavy atom. The van der Waals surface area contributed by atoms with Crippen molar-refractivity contribution in [1.29, 1.82) is 0 Å². The van der Waals surface area contributed by atoms with Crippen molar-refractivity contribution in [2.45, 2.75) is 31.9 Å². The maximum Gasteiger partial charge on any atom is 0.194 e. The number of ether oxygens (including phenoxy) is 1. The van der Waals surface area contributed by atoms with E-state index in [4.69, 9.17) is 14.1 Å². The molecule has 0 unspecified atom stereocenters. The number of hydrogen-bond donors (Lipinski definition) is 2. The SMILES string of the molecule is COc1ccc(CN=C(NCCc2ccco2)N2CCC(O)CC2)cc1. The van der Waals surface area contributed by atoms with Crippen molar-refractivity contribution >= 4 is 5.96 Å². The first kappa shape index (κ1) is 18.3. The summed E-state index contributed by atoms with van der Waals surface area (Å²) >= 11 is 0. The van der Waals surface area contributed by atoms with Gasteiger partial charge in [-0.3, -0.25) is 0 Å². The van der Waals surface area contributed by atoms with Crippen molar-refractivity contribution in [2.75, 3.05) is 26.7 Å². The van der Waals surface area contributed by atoms with Crippen molar-refractivity contribution in [3.63, 3.8) is 0 Å². The molecular weight excluding hydrogens is 330 g/mol. The summed E-state index contributed by atoms with van der Waals surface area (Å²) in [6, 6.07) is 11.8. The minimum absolute atomic E-state index is 0.197. The summed E-state index contributed by atoms with van der Waals surface area (Å²) in [4.78, 5) is 7.02. The standard InChI is InChI=1S/C20H27N3O3/c1-25-18-6-4-16(5-7-18)15-22-20(23-12-9-17(24)10-13-23)21-11-8-19-3-2-14-26-19/h2-7,14,17,24H,8-13,15H2,1H3,(H,21,22). The topological polar surface area (TPSA) is 70.2 Å². The number of benzene rings is 1. The molecule has 0 saturated carbocycles. The Morgan fingerprint density at radius 3 is 2.69 bits per heavy atom. The van der Waals surface area contributed by atoms with Crippen molar-refractivity contribution in [2.24, 2.45) is 4.99 Å². The third kappa shape index (κ3) is 5.26. The lowest BCUT2D eigenvalue weighted by Crippen LogP contribution is -2.47. The van der Waals surface area contributed by atoms with Crippen LogP contribution in [-0.2, 0) is 13.0 Å². The first-order valence-corrected chi connectivity index (χ1v) is 9.11. The minimum atomic E-state index is -0.197. The highest BCUT2D eigenvalue weighted by molar-refractivity contribution is 5.80. The third-order valence-electron chi connectivity index (χ3n) is 4.57. The molecular formula is C20H27N3O3. The quantitative estimate of drug-likeness (QED) is 0.614. The average molecular weight is 357 g/mol. The largest absolute Gasteiger partial charge is 0.497 e. The molecule has 140 valence electrons. The van der Waals surface area contributed by atoms with Gasteiger partial charge in [0.15, 0.2) is 5.96 Å². The first-order chi connectivity index (χ1) is 12.7. The van der Waals surface area contributed by atoms with Gasteiger partial charge in [0.2, 0.25) is 0 Å². The van der Waals surface area contributed by atoms with Crippen LogP contribution in [0.15, 0.2) is 52.1 Å². The second-order valence-corrected chi connectivity index (χ2v) is 6.46. The molecule has 1 aliphatic heterocycles. The van der Waals surface area contributed by atoms with Crippen LogP contribution in [0.2, 0.25) is 0 Å². The number of aliphatic imine (C=N–C) groups is 1. The van der Waals surface area contributed by atoms with Crippen LogP contribution < -0.4 is 10.1 Å². The maximum atomic E-state index is 9.76.